The van der Waals surface area contributed by atoms with Crippen LogP contribution in [0.15, 0.2) is 91.4 Å². The number of carbonyl (C=O) groups excluding carboxylic acids is 2. The standard InChI is InChI=1S/C19H20N4.C9H9NO2.C5H13NO3/c1-16-8-9-19(22-12-16)15-23(13-17-6-2-4-10-20-17)14-18-7-3-5-11-21-18;11-6-5-8-1-3-9(4-2-8)10-7-12;1-6-5(2-7,3-8)4-9/h2-12H,13-15H2,1H3;1-4,6-7H,5H2,(H,10,12);6-9H,2-4H2,1H3. The number of aliphatic hydroxyl groups is 3. The Morgan fingerprint density at radius 1 is 0.750 bits per heavy atom. The summed E-state index contributed by atoms with van der Waals surface area (Å²) >= 11 is 0. The van der Waals surface area contributed by atoms with Gasteiger partial charge in [0.25, 0.3) is 0 Å². The van der Waals surface area contributed by atoms with Crippen molar-refractivity contribution in [3.8, 4) is 0 Å². The number of aliphatic hydroxyl groups excluding tert-OH is 3. The zero-order valence-corrected chi connectivity index (χ0v) is 25.2. The Balaban J connectivity index is 0.000000269. The van der Waals surface area contributed by atoms with Crippen molar-refractivity contribution in [1.29, 1.82) is 0 Å². The van der Waals surface area contributed by atoms with Gasteiger partial charge >= 0.3 is 0 Å². The summed E-state index contributed by atoms with van der Waals surface area (Å²) in [5.74, 6) is 0. The number of amides is 1. The van der Waals surface area contributed by atoms with Crippen molar-refractivity contribution in [3.63, 3.8) is 0 Å². The SMILES string of the molecule is CNC(CO)(CO)CO.Cc1ccc(CN(Cc2ccccn2)Cc2ccccn2)nc1.O=CCc1ccc(NC=O)cc1. The highest BCUT2D eigenvalue weighted by Gasteiger charge is 2.24. The van der Waals surface area contributed by atoms with Crippen LogP contribution < -0.4 is 10.6 Å². The maximum Gasteiger partial charge on any atom is 0.211 e. The lowest BCUT2D eigenvalue weighted by Gasteiger charge is -2.26. The highest BCUT2D eigenvalue weighted by atomic mass is 16.3. The quantitative estimate of drug-likeness (QED) is 0.136. The molecule has 1 amide bonds. The average molecular weight is 603 g/mol. The van der Waals surface area contributed by atoms with E-state index in [2.05, 4.69) is 49.5 Å². The lowest BCUT2D eigenvalue weighted by molar-refractivity contribution is -0.107. The molecule has 4 rings (SSSR count). The molecule has 0 saturated heterocycles. The molecule has 3 aromatic heterocycles. The first-order chi connectivity index (χ1) is 21.4. The Hall–Kier alpha value is -4.39. The Morgan fingerprint density at radius 3 is 1.66 bits per heavy atom. The molecule has 0 fully saturated rings. The highest BCUT2D eigenvalue weighted by Crippen LogP contribution is 2.11. The second kappa shape index (κ2) is 20.5. The summed E-state index contributed by atoms with van der Waals surface area (Å²) in [6.45, 7) is 3.56. The topological polar surface area (TPSA) is 161 Å². The maximum atomic E-state index is 10.1. The minimum absolute atomic E-state index is 0.267. The molecule has 0 aliphatic carbocycles. The van der Waals surface area contributed by atoms with Crippen LogP contribution >= 0.6 is 0 Å². The van der Waals surface area contributed by atoms with E-state index in [0.29, 0.717) is 12.8 Å². The molecular formula is C33H42N6O5. The molecule has 0 radical (unpaired) electrons. The van der Waals surface area contributed by atoms with Gasteiger partial charge in [0, 0.05) is 50.3 Å². The second-order valence-corrected chi connectivity index (χ2v) is 9.95. The van der Waals surface area contributed by atoms with Crippen LogP contribution in [0.4, 0.5) is 5.69 Å². The molecule has 0 aliphatic heterocycles. The Kier molecular flexibility index (Phi) is 16.7. The van der Waals surface area contributed by atoms with Crippen LogP contribution in [0.25, 0.3) is 0 Å². The van der Waals surface area contributed by atoms with E-state index in [0.717, 1.165) is 54.3 Å². The van der Waals surface area contributed by atoms with Gasteiger partial charge in [0.05, 0.1) is 42.4 Å². The number of rotatable bonds is 14. The number of nitrogens with zero attached hydrogens (tertiary/aromatic N) is 4. The minimum atomic E-state index is -0.917. The lowest BCUT2D eigenvalue weighted by atomic mass is 10.1. The minimum Gasteiger partial charge on any atom is -0.394 e. The fourth-order valence-electron chi connectivity index (χ4n) is 3.72. The molecule has 5 N–H and O–H groups in total. The monoisotopic (exact) mass is 602 g/mol. The fraction of sp³-hybridized carbons (Fsp3) is 0.303. The van der Waals surface area contributed by atoms with Crippen LogP contribution in [-0.4, -0.2) is 80.3 Å². The summed E-state index contributed by atoms with van der Waals surface area (Å²) < 4.78 is 0. The van der Waals surface area contributed by atoms with Crippen molar-refractivity contribution in [2.45, 2.75) is 38.5 Å². The van der Waals surface area contributed by atoms with Gasteiger partial charge in [-0.1, -0.05) is 30.3 Å². The van der Waals surface area contributed by atoms with E-state index in [1.165, 1.54) is 5.56 Å². The third-order valence-corrected chi connectivity index (χ3v) is 6.52. The summed E-state index contributed by atoms with van der Waals surface area (Å²) in [7, 11) is 1.57. The van der Waals surface area contributed by atoms with Crippen molar-refractivity contribution in [2.75, 3.05) is 32.2 Å². The van der Waals surface area contributed by atoms with Crippen molar-refractivity contribution < 1.29 is 24.9 Å². The van der Waals surface area contributed by atoms with E-state index >= 15 is 0 Å². The number of aromatic nitrogens is 3. The lowest BCUT2D eigenvalue weighted by Crippen LogP contribution is -2.52. The van der Waals surface area contributed by atoms with Crippen molar-refractivity contribution in [3.05, 3.63) is 120 Å². The largest absolute Gasteiger partial charge is 0.394 e. The number of carbonyl (C=O) groups is 2. The maximum absolute atomic E-state index is 10.1. The van der Waals surface area contributed by atoms with Gasteiger partial charge in [-0.25, -0.2) is 0 Å². The van der Waals surface area contributed by atoms with Crippen molar-refractivity contribution in [1.82, 2.24) is 25.2 Å². The fourth-order valence-corrected chi connectivity index (χ4v) is 3.72. The van der Waals surface area contributed by atoms with Crippen LogP contribution in [0.3, 0.4) is 0 Å². The van der Waals surface area contributed by atoms with E-state index in [4.69, 9.17) is 15.3 Å². The Bertz CT molecular complexity index is 1230. The third-order valence-electron chi connectivity index (χ3n) is 6.52. The summed E-state index contributed by atoms with van der Waals surface area (Å²) in [5.41, 5.74) is 5.10. The third kappa shape index (κ3) is 13.3. The normalized spacial score (nSPS) is 10.6. The second-order valence-electron chi connectivity index (χ2n) is 9.95. The molecule has 0 unspecified atom stereocenters. The average Bonchev–Trinajstić information content (AvgIpc) is 3.06. The van der Waals surface area contributed by atoms with Crippen LogP contribution in [0.1, 0.15) is 28.2 Å². The molecule has 4 aromatic rings. The predicted octanol–water partition coefficient (Wildman–Crippen LogP) is 2.30. The number of nitrogens with one attached hydrogen (secondary N) is 2. The smallest absolute Gasteiger partial charge is 0.211 e. The van der Waals surface area contributed by atoms with Gasteiger partial charge < -0.3 is 30.7 Å². The zero-order valence-electron chi connectivity index (χ0n) is 25.2. The van der Waals surface area contributed by atoms with E-state index in [-0.39, 0.29) is 19.8 Å². The Labute approximate surface area is 258 Å². The van der Waals surface area contributed by atoms with Gasteiger partial charge in [0.1, 0.15) is 6.29 Å². The van der Waals surface area contributed by atoms with Crippen LogP contribution in [0.5, 0.6) is 0 Å². The van der Waals surface area contributed by atoms with Gasteiger partial charge in [0.2, 0.25) is 6.41 Å². The first kappa shape index (κ1) is 35.8. The molecule has 0 saturated carbocycles. The zero-order chi connectivity index (χ0) is 32.0. The van der Waals surface area contributed by atoms with E-state index in [9.17, 15) is 9.59 Å². The molecular weight excluding hydrogens is 560 g/mol. The number of anilines is 1. The van der Waals surface area contributed by atoms with Gasteiger partial charge in [-0.05, 0) is 67.6 Å². The number of aryl methyl sites for hydroxylation is 1. The van der Waals surface area contributed by atoms with Gasteiger partial charge in [-0.2, -0.15) is 0 Å². The molecule has 11 heteroatoms. The van der Waals surface area contributed by atoms with E-state index in [1.54, 1.807) is 31.3 Å². The molecule has 0 aliphatic rings. The molecule has 1 aromatic carbocycles. The molecule has 11 nitrogen and oxygen atoms in total. The summed E-state index contributed by atoms with van der Waals surface area (Å²) in [6.07, 6.45) is 7.46. The number of aldehydes is 1. The first-order valence-corrected chi connectivity index (χ1v) is 14.1. The van der Waals surface area contributed by atoms with Crippen LogP contribution in [0, 0.1) is 6.92 Å². The molecule has 3 heterocycles. The summed E-state index contributed by atoms with van der Waals surface area (Å²) in [6, 6.07) is 23.3. The van der Waals surface area contributed by atoms with Gasteiger partial charge in [-0.3, -0.25) is 24.6 Å². The highest BCUT2D eigenvalue weighted by molar-refractivity contribution is 5.71. The van der Waals surface area contributed by atoms with Crippen molar-refractivity contribution in [2.24, 2.45) is 0 Å². The number of likely N-dealkylation sites (N-methyl/N-ethyl adjacent to an activating group) is 1. The number of hydrogen-bond acceptors (Lipinski definition) is 10. The molecule has 0 spiro atoms. The van der Waals surface area contributed by atoms with Crippen LogP contribution in [0.2, 0.25) is 0 Å². The number of hydrogen-bond donors (Lipinski definition) is 5. The molecule has 0 bridgehead atoms. The number of benzene rings is 1. The van der Waals surface area contributed by atoms with Crippen LogP contribution in [-0.2, 0) is 35.6 Å². The van der Waals surface area contributed by atoms with Gasteiger partial charge in [0.15, 0.2) is 0 Å². The molecule has 44 heavy (non-hydrogen) atoms. The van der Waals surface area contributed by atoms with Crippen molar-refractivity contribution >= 4 is 18.4 Å². The van der Waals surface area contributed by atoms with E-state index < -0.39 is 5.54 Å². The molecule has 0 atom stereocenters. The summed E-state index contributed by atoms with van der Waals surface area (Å²) in [4.78, 5) is 35.8. The first-order valence-electron chi connectivity index (χ1n) is 14.1. The van der Waals surface area contributed by atoms with Gasteiger partial charge in [-0.15, -0.1) is 0 Å². The number of pyridine rings is 3. The van der Waals surface area contributed by atoms with E-state index in [1.807, 2.05) is 55.0 Å². The Morgan fingerprint density at radius 2 is 1.30 bits per heavy atom. The summed E-state index contributed by atoms with van der Waals surface area (Å²) in [5, 5.41) is 30.9. The predicted molar refractivity (Wildman–Crippen MR) is 169 cm³/mol. The molecule has 234 valence electrons.